The predicted molar refractivity (Wildman–Crippen MR) is 92.8 cm³/mol. The number of halogens is 1. The predicted octanol–water partition coefficient (Wildman–Crippen LogP) is 1.83. The van der Waals surface area contributed by atoms with Crippen molar-refractivity contribution in [3.8, 4) is 11.5 Å². The molecule has 0 amide bonds. The van der Waals surface area contributed by atoms with Gasteiger partial charge in [-0.25, -0.2) is 0 Å². The Morgan fingerprint density at radius 2 is 1.65 bits per heavy atom. The van der Waals surface area contributed by atoms with Gasteiger partial charge in [-0.1, -0.05) is 11.6 Å². The molecule has 0 aliphatic carbocycles. The fraction of sp³-hybridized carbons (Fsp3) is 0.333. The van der Waals surface area contributed by atoms with Crippen LogP contribution in [0.15, 0.2) is 48.5 Å². The number of rotatable bonds is 5. The first-order chi connectivity index (χ1) is 11.2. The molecule has 0 aromatic heterocycles. The summed E-state index contributed by atoms with van der Waals surface area (Å²) < 4.78 is 5.77. The quantitative estimate of drug-likeness (QED) is 0.876. The van der Waals surface area contributed by atoms with Crippen LogP contribution in [0.2, 0.25) is 5.02 Å². The van der Waals surface area contributed by atoms with Gasteiger partial charge in [-0.15, -0.1) is 0 Å². The maximum absolute atomic E-state index is 9.36. The summed E-state index contributed by atoms with van der Waals surface area (Å²) in [5, 5.41) is 10.1. The second-order valence-corrected chi connectivity index (χ2v) is 6.24. The van der Waals surface area contributed by atoms with E-state index in [-0.39, 0.29) is 0 Å². The maximum atomic E-state index is 9.36. The number of nitrogens with zero attached hydrogens (tertiary/aromatic N) is 1. The lowest BCUT2D eigenvalue weighted by Gasteiger charge is -2.33. The fourth-order valence-electron chi connectivity index (χ4n) is 2.84. The zero-order valence-electron chi connectivity index (χ0n) is 13.0. The normalized spacial score (nSPS) is 15.6. The van der Waals surface area contributed by atoms with Crippen molar-refractivity contribution in [2.45, 2.75) is 0 Å². The Morgan fingerprint density at radius 3 is 2.30 bits per heavy atom. The van der Waals surface area contributed by atoms with Crippen molar-refractivity contribution >= 4 is 17.3 Å². The first kappa shape index (κ1) is 16.0. The molecule has 0 bridgehead atoms. The van der Waals surface area contributed by atoms with Gasteiger partial charge in [-0.3, -0.25) is 0 Å². The minimum atomic E-state index is 0.317. The zero-order chi connectivity index (χ0) is 16.1. The molecule has 2 aromatic rings. The molecular formula is C18H22ClN2O2+. The van der Waals surface area contributed by atoms with Gasteiger partial charge >= 0.3 is 0 Å². The van der Waals surface area contributed by atoms with Gasteiger partial charge in [0.2, 0.25) is 0 Å². The molecule has 3 rings (SSSR count). The highest BCUT2D eigenvalue weighted by molar-refractivity contribution is 6.30. The third-order valence-electron chi connectivity index (χ3n) is 4.22. The highest BCUT2D eigenvalue weighted by atomic mass is 35.5. The van der Waals surface area contributed by atoms with Crippen molar-refractivity contribution in [1.29, 1.82) is 0 Å². The molecular weight excluding hydrogens is 312 g/mol. The van der Waals surface area contributed by atoms with E-state index in [1.165, 1.54) is 5.69 Å². The van der Waals surface area contributed by atoms with Gasteiger partial charge in [-0.05, 0) is 48.5 Å². The number of phenols is 1. The average Bonchev–Trinajstić information content (AvgIpc) is 2.58. The smallest absolute Gasteiger partial charge is 0.137 e. The van der Waals surface area contributed by atoms with Gasteiger partial charge in [0.25, 0.3) is 0 Å². The van der Waals surface area contributed by atoms with Crippen LogP contribution in [-0.2, 0) is 0 Å². The number of phenolic OH excluding ortho intramolecular Hbond substituents is 1. The number of hydrogen-bond acceptors (Lipinski definition) is 3. The Balaban J connectivity index is 1.40. The Kier molecular flexibility index (Phi) is 5.26. The summed E-state index contributed by atoms with van der Waals surface area (Å²) in [6.07, 6.45) is 0. The summed E-state index contributed by atoms with van der Waals surface area (Å²) in [5.41, 5.74) is 1.18. The van der Waals surface area contributed by atoms with E-state index in [9.17, 15) is 5.11 Å². The summed E-state index contributed by atoms with van der Waals surface area (Å²) in [7, 11) is 0. The van der Waals surface area contributed by atoms with Crippen LogP contribution in [0.5, 0.6) is 11.5 Å². The molecule has 4 nitrogen and oxygen atoms in total. The molecule has 2 N–H and O–H groups in total. The van der Waals surface area contributed by atoms with E-state index in [0.717, 1.165) is 50.1 Å². The summed E-state index contributed by atoms with van der Waals surface area (Å²) in [6.45, 7) is 5.99. The van der Waals surface area contributed by atoms with Gasteiger partial charge in [-0.2, -0.15) is 0 Å². The van der Waals surface area contributed by atoms with Crippen LogP contribution in [0.3, 0.4) is 0 Å². The highest BCUT2D eigenvalue weighted by Gasteiger charge is 2.19. The molecule has 2 aromatic carbocycles. The van der Waals surface area contributed by atoms with Crippen LogP contribution in [0.1, 0.15) is 0 Å². The summed E-state index contributed by atoms with van der Waals surface area (Å²) in [5.74, 6) is 1.19. The van der Waals surface area contributed by atoms with E-state index in [4.69, 9.17) is 16.3 Å². The molecule has 0 saturated carbocycles. The molecule has 0 unspecified atom stereocenters. The highest BCUT2D eigenvalue weighted by Crippen LogP contribution is 2.18. The first-order valence-electron chi connectivity index (χ1n) is 7.96. The van der Waals surface area contributed by atoms with E-state index in [2.05, 4.69) is 4.90 Å². The minimum Gasteiger partial charge on any atom is -0.508 e. The molecule has 1 aliphatic rings. The largest absolute Gasteiger partial charge is 0.508 e. The molecule has 23 heavy (non-hydrogen) atoms. The molecule has 1 heterocycles. The molecule has 1 aliphatic heterocycles. The van der Waals surface area contributed by atoms with Crippen molar-refractivity contribution < 1.29 is 14.7 Å². The van der Waals surface area contributed by atoms with Gasteiger partial charge in [0.05, 0.1) is 26.2 Å². The van der Waals surface area contributed by atoms with Crippen molar-refractivity contribution in [2.75, 3.05) is 44.2 Å². The van der Waals surface area contributed by atoms with E-state index < -0.39 is 0 Å². The summed E-state index contributed by atoms with van der Waals surface area (Å²) in [6, 6.07) is 14.9. The number of quaternary nitrogens is 1. The van der Waals surface area contributed by atoms with Crippen molar-refractivity contribution in [1.82, 2.24) is 0 Å². The number of benzene rings is 2. The third kappa shape index (κ3) is 4.53. The lowest BCUT2D eigenvalue weighted by atomic mass is 10.2. The number of nitrogens with one attached hydrogen (secondary N) is 1. The second kappa shape index (κ2) is 7.57. The standard InChI is InChI=1S/C18H21ClN2O2/c19-15-1-7-18(8-2-15)23-14-13-20-9-11-21(12-10-20)16-3-5-17(22)6-4-16/h1-8,22H,9-14H2/p+1. The zero-order valence-corrected chi connectivity index (χ0v) is 13.8. The van der Waals surface area contributed by atoms with Crippen LogP contribution < -0.4 is 14.5 Å². The Bertz CT molecular complexity index is 605. The van der Waals surface area contributed by atoms with Crippen LogP contribution >= 0.6 is 11.6 Å². The van der Waals surface area contributed by atoms with Crippen molar-refractivity contribution in [3.05, 3.63) is 53.6 Å². The molecule has 0 radical (unpaired) electrons. The van der Waals surface area contributed by atoms with E-state index in [1.807, 2.05) is 36.4 Å². The SMILES string of the molecule is Oc1ccc(N2CC[NH+](CCOc3ccc(Cl)cc3)CC2)cc1. The molecule has 0 atom stereocenters. The molecule has 0 spiro atoms. The lowest BCUT2D eigenvalue weighted by Crippen LogP contribution is -3.15. The van der Waals surface area contributed by atoms with Crippen LogP contribution in [0.4, 0.5) is 5.69 Å². The topological polar surface area (TPSA) is 37.1 Å². The van der Waals surface area contributed by atoms with Crippen LogP contribution in [0.25, 0.3) is 0 Å². The summed E-state index contributed by atoms with van der Waals surface area (Å²) >= 11 is 5.86. The van der Waals surface area contributed by atoms with Gasteiger partial charge < -0.3 is 19.6 Å². The second-order valence-electron chi connectivity index (χ2n) is 5.81. The van der Waals surface area contributed by atoms with E-state index in [1.54, 1.807) is 17.0 Å². The summed E-state index contributed by atoms with van der Waals surface area (Å²) in [4.78, 5) is 3.93. The average molecular weight is 334 g/mol. The number of piperazine rings is 1. The number of aromatic hydroxyl groups is 1. The third-order valence-corrected chi connectivity index (χ3v) is 4.48. The lowest BCUT2D eigenvalue weighted by molar-refractivity contribution is -0.900. The maximum Gasteiger partial charge on any atom is 0.137 e. The Labute approximate surface area is 141 Å². The van der Waals surface area contributed by atoms with Crippen LogP contribution in [-0.4, -0.2) is 44.4 Å². The molecule has 1 fully saturated rings. The van der Waals surface area contributed by atoms with Crippen LogP contribution in [0, 0.1) is 0 Å². The van der Waals surface area contributed by atoms with Gasteiger partial charge in [0.15, 0.2) is 0 Å². The minimum absolute atomic E-state index is 0.317. The monoisotopic (exact) mass is 333 g/mol. The Morgan fingerprint density at radius 1 is 1.00 bits per heavy atom. The number of ether oxygens (including phenoxy) is 1. The Hall–Kier alpha value is -1.91. The fourth-order valence-corrected chi connectivity index (χ4v) is 2.96. The number of hydrogen-bond donors (Lipinski definition) is 2. The van der Waals surface area contributed by atoms with Crippen molar-refractivity contribution in [2.24, 2.45) is 0 Å². The van der Waals surface area contributed by atoms with Gasteiger partial charge in [0.1, 0.15) is 24.7 Å². The molecule has 122 valence electrons. The first-order valence-corrected chi connectivity index (χ1v) is 8.34. The van der Waals surface area contributed by atoms with E-state index >= 15 is 0 Å². The molecule has 1 saturated heterocycles. The van der Waals surface area contributed by atoms with E-state index in [0.29, 0.717) is 5.75 Å². The molecule has 5 heteroatoms. The number of anilines is 1. The van der Waals surface area contributed by atoms with Gasteiger partial charge in [0, 0.05) is 10.7 Å². The van der Waals surface area contributed by atoms with Crippen molar-refractivity contribution in [3.63, 3.8) is 0 Å².